The van der Waals surface area contributed by atoms with Crippen LogP contribution in [0.25, 0.3) is 10.8 Å². The summed E-state index contributed by atoms with van der Waals surface area (Å²) in [4.78, 5) is -0.808. The van der Waals surface area contributed by atoms with Gasteiger partial charge in [0.05, 0.1) is 9.92 Å². The van der Waals surface area contributed by atoms with Gasteiger partial charge in [-0.3, -0.25) is 9.11 Å². The first kappa shape index (κ1) is 14.2. The summed E-state index contributed by atoms with van der Waals surface area (Å²) in [6.45, 7) is 0. The molecule has 0 saturated heterocycles. The highest BCUT2D eigenvalue weighted by molar-refractivity contribution is 7.86. The van der Waals surface area contributed by atoms with Crippen LogP contribution in [0.1, 0.15) is 0 Å². The van der Waals surface area contributed by atoms with Crippen molar-refractivity contribution in [1.29, 1.82) is 0 Å². The van der Waals surface area contributed by atoms with E-state index in [9.17, 15) is 16.8 Å². The van der Waals surface area contributed by atoms with Gasteiger partial charge in [-0.1, -0.05) is 17.7 Å². The molecule has 19 heavy (non-hydrogen) atoms. The average Bonchev–Trinajstić information content (AvgIpc) is 2.24. The van der Waals surface area contributed by atoms with E-state index in [2.05, 4.69) is 0 Å². The van der Waals surface area contributed by atoms with Crippen LogP contribution < -0.4 is 0 Å². The molecule has 102 valence electrons. The van der Waals surface area contributed by atoms with E-state index < -0.39 is 25.1 Å². The van der Waals surface area contributed by atoms with Crippen molar-refractivity contribution in [3.63, 3.8) is 0 Å². The first-order valence-electron chi connectivity index (χ1n) is 4.77. The predicted molar refractivity (Wildman–Crippen MR) is 68.6 cm³/mol. The van der Waals surface area contributed by atoms with Crippen LogP contribution in [-0.2, 0) is 20.2 Å². The number of hydrogen-bond donors (Lipinski definition) is 2. The molecule has 2 rings (SSSR count). The van der Waals surface area contributed by atoms with E-state index in [1.165, 1.54) is 12.1 Å². The maximum atomic E-state index is 11.1. The van der Waals surface area contributed by atoms with E-state index in [0.29, 0.717) is 10.8 Å². The molecule has 0 aliphatic heterocycles. The van der Waals surface area contributed by atoms with Gasteiger partial charge in [0, 0.05) is 0 Å². The third-order valence-electron chi connectivity index (χ3n) is 2.44. The Morgan fingerprint density at radius 3 is 2.00 bits per heavy atom. The summed E-state index contributed by atoms with van der Waals surface area (Å²) in [6, 6.07) is 5.85. The Kier molecular flexibility index (Phi) is 3.31. The molecule has 0 spiro atoms. The van der Waals surface area contributed by atoms with Gasteiger partial charge in [-0.15, -0.1) is 0 Å². The van der Waals surface area contributed by atoms with Crippen molar-refractivity contribution >= 4 is 42.6 Å². The zero-order valence-electron chi connectivity index (χ0n) is 9.11. The van der Waals surface area contributed by atoms with E-state index in [1.54, 1.807) is 0 Å². The number of rotatable bonds is 2. The SMILES string of the molecule is O=S(=O)(O)c1ccc2cc(S(=O)(=O)O)c(Cl)cc2c1. The molecule has 2 N–H and O–H groups in total. The summed E-state index contributed by atoms with van der Waals surface area (Å²) >= 11 is 5.70. The Hall–Kier alpha value is -1.19. The highest BCUT2D eigenvalue weighted by Crippen LogP contribution is 2.28. The quantitative estimate of drug-likeness (QED) is 0.818. The maximum absolute atomic E-state index is 11.1. The first-order valence-corrected chi connectivity index (χ1v) is 8.03. The standard InChI is InChI=1S/C10H7ClO6S2/c11-9-4-7-3-8(18(12,13)14)2-1-6(7)5-10(9)19(15,16)17/h1-5H,(H,12,13,14)(H,15,16,17). The number of hydrogen-bond acceptors (Lipinski definition) is 4. The minimum atomic E-state index is -4.46. The van der Waals surface area contributed by atoms with Gasteiger partial charge in [-0.2, -0.15) is 16.8 Å². The molecule has 2 aromatic rings. The highest BCUT2D eigenvalue weighted by Gasteiger charge is 2.17. The van der Waals surface area contributed by atoms with Crippen LogP contribution >= 0.6 is 11.6 Å². The maximum Gasteiger partial charge on any atom is 0.296 e. The third-order valence-corrected chi connectivity index (χ3v) is 4.61. The molecule has 0 bridgehead atoms. The predicted octanol–water partition coefficient (Wildman–Crippen LogP) is 1.99. The smallest absolute Gasteiger partial charge is 0.282 e. The van der Waals surface area contributed by atoms with Gasteiger partial charge in [0.1, 0.15) is 4.90 Å². The van der Waals surface area contributed by atoms with Crippen molar-refractivity contribution in [1.82, 2.24) is 0 Å². The van der Waals surface area contributed by atoms with Gasteiger partial charge in [0.25, 0.3) is 20.2 Å². The molecule has 0 aliphatic carbocycles. The van der Waals surface area contributed by atoms with Gasteiger partial charge >= 0.3 is 0 Å². The molecule has 0 saturated carbocycles. The van der Waals surface area contributed by atoms with Crippen LogP contribution in [0.2, 0.25) is 5.02 Å². The van der Waals surface area contributed by atoms with Crippen LogP contribution in [0.3, 0.4) is 0 Å². The Labute approximate surface area is 114 Å². The Morgan fingerprint density at radius 2 is 1.47 bits per heavy atom. The van der Waals surface area contributed by atoms with Crippen LogP contribution in [0.15, 0.2) is 40.1 Å². The van der Waals surface area contributed by atoms with E-state index in [1.807, 2.05) is 0 Å². The van der Waals surface area contributed by atoms with Gasteiger partial charge in [0.15, 0.2) is 0 Å². The topological polar surface area (TPSA) is 109 Å². The normalized spacial score (nSPS) is 12.8. The van der Waals surface area contributed by atoms with E-state index in [-0.39, 0.29) is 9.92 Å². The van der Waals surface area contributed by atoms with Crippen LogP contribution in [0, 0.1) is 0 Å². The van der Waals surface area contributed by atoms with E-state index >= 15 is 0 Å². The fraction of sp³-hybridized carbons (Fsp3) is 0. The molecule has 2 aromatic carbocycles. The largest absolute Gasteiger partial charge is 0.296 e. The molecule has 0 heterocycles. The number of halogens is 1. The van der Waals surface area contributed by atoms with Crippen LogP contribution in [0.4, 0.5) is 0 Å². The molecule has 6 nitrogen and oxygen atoms in total. The van der Waals surface area contributed by atoms with Crippen LogP contribution in [0.5, 0.6) is 0 Å². The molecular weight excluding hydrogens is 316 g/mol. The van der Waals surface area contributed by atoms with Gasteiger partial charge in [-0.05, 0) is 35.0 Å². The fourth-order valence-corrected chi connectivity index (χ4v) is 3.15. The second kappa shape index (κ2) is 4.43. The summed E-state index contributed by atoms with van der Waals surface area (Å²) in [5.41, 5.74) is 0. The van der Waals surface area contributed by atoms with Crippen molar-refractivity contribution in [2.45, 2.75) is 9.79 Å². The Bertz CT molecular complexity index is 870. The third kappa shape index (κ3) is 2.88. The molecule has 0 radical (unpaired) electrons. The minimum Gasteiger partial charge on any atom is -0.282 e. The summed E-state index contributed by atoms with van der Waals surface area (Å²) in [6.07, 6.45) is 0. The lowest BCUT2D eigenvalue weighted by molar-refractivity contribution is 0.481. The molecule has 0 unspecified atom stereocenters. The van der Waals surface area contributed by atoms with Crippen molar-refractivity contribution in [3.8, 4) is 0 Å². The second-order valence-electron chi connectivity index (χ2n) is 3.74. The second-order valence-corrected chi connectivity index (χ2v) is 6.96. The number of fused-ring (bicyclic) bond motifs is 1. The molecule has 0 aliphatic rings. The number of benzene rings is 2. The molecule has 0 atom stereocenters. The summed E-state index contributed by atoms with van der Waals surface area (Å²) in [5, 5.41) is 0.416. The fourth-order valence-electron chi connectivity index (χ4n) is 1.59. The summed E-state index contributed by atoms with van der Waals surface area (Å²) in [5.74, 6) is 0. The lowest BCUT2D eigenvalue weighted by Crippen LogP contribution is -2.00. The lowest BCUT2D eigenvalue weighted by atomic mass is 10.1. The van der Waals surface area contributed by atoms with E-state index in [4.69, 9.17) is 20.7 Å². The van der Waals surface area contributed by atoms with Crippen molar-refractivity contribution in [2.75, 3.05) is 0 Å². The highest BCUT2D eigenvalue weighted by atomic mass is 35.5. The summed E-state index contributed by atoms with van der Waals surface area (Å²) in [7, 11) is -8.82. The monoisotopic (exact) mass is 322 g/mol. The van der Waals surface area contributed by atoms with Gasteiger partial charge < -0.3 is 0 Å². The zero-order valence-corrected chi connectivity index (χ0v) is 11.5. The molecule has 0 fully saturated rings. The molecule has 0 aromatic heterocycles. The van der Waals surface area contributed by atoms with Gasteiger partial charge in [-0.25, -0.2) is 0 Å². The lowest BCUT2D eigenvalue weighted by Gasteiger charge is -2.05. The van der Waals surface area contributed by atoms with Gasteiger partial charge in [0.2, 0.25) is 0 Å². The Morgan fingerprint density at radius 1 is 0.842 bits per heavy atom. The first-order chi connectivity index (χ1) is 8.59. The van der Waals surface area contributed by atoms with Crippen molar-refractivity contribution in [3.05, 3.63) is 35.4 Å². The van der Waals surface area contributed by atoms with E-state index in [0.717, 1.165) is 18.2 Å². The van der Waals surface area contributed by atoms with Crippen molar-refractivity contribution in [2.24, 2.45) is 0 Å². The average molecular weight is 323 g/mol. The molecule has 9 heteroatoms. The van der Waals surface area contributed by atoms with Crippen LogP contribution in [-0.4, -0.2) is 25.9 Å². The molecular formula is C10H7ClO6S2. The Balaban J connectivity index is 2.80. The zero-order chi connectivity index (χ0) is 14.4. The summed E-state index contributed by atoms with van der Waals surface area (Å²) < 4.78 is 61.9. The van der Waals surface area contributed by atoms with Crippen molar-refractivity contribution < 1.29 is 25.9 Å². The minimum absolute atomic E-state index is 0.248. The molecule has 0 amide bonds.